The van der Waals surface area contributed by atoms with Crippen molar-refractivity contribution in [3.63, 3.8) is 0 Å². The number of esters is 8. The Morgan fingerprint density at radius 3 is 0.752 bits per heavy atom. The van der Waals surface area contributed by atoms with Crippen molar-refractivity contribution in [1.82, 2.24) is 0 Å². The zero-order chi connectivity index (χ0) is 75.3. The molecule has 28 nitrogen and oxygen atoms in total. The minimum Gasteiger partial charge on any atom is -0.425 e. The number of benzene rings is 8. The summed E-state index contributed by atoms with van der Waals surface area (Å²) in [4.78, 5) is 143. The second-order valence-corrected chi connectivity index (χ2v) is 22.0. The van der Waals surface area contributed by atoms with Crippen LogP contribution in [0.25, 0.3) is 22.3 Å². The summed E-state index contributed by atoms with van der Waals surface area (Å²) in [6.45, 7) is 16.2. The summed E-state index contributed by atoms with van der Waals surface area (Å²) in [7, 11) is 0. The number of ether oxygens (including phenoxy) is 16. The molecule has 0 saturated carbocycles. The van der Waals surface area contributed by atoms with Crippen LogP contribution in [0.15, 0.2) is 220 Å². The fraction of sp³-hybridized carbons (Fsp3) is 0.117. The topological polar surface area (TPSA) is 353 Å². The van der Waals surface area contributed by atoms with Crippen LogP contribution < -0.4 is 37.9 Å². The van der Waals surface area contributed by atoms with Crippen molar-refractivity contribution in [2.45, 2.75) is 32.1 Å². The standard InChI is InChI=1S/C39H30O14.C38H28O14/c1-5-33(40)46-21-48-37(44)52-25-11-7-23(8-12-25)35(42)50-27-15-17-29-30-18-16-28(20-32(30)39(3,4)31(29)19-27)51-36(43)24-9-13-26(14-10-24)53-38(45)49-22-47-34(41)6-2;1-4-33(39)45-20-47-37(43)51-25-10-6-23(7-11-25)35(41)49-27-14-16-29-30-17-15-28(19-32(30)22(3)31(29)18-27)50-36(42)24-8-12-26(13-9-24)52-38(44)48-21-46-34(40)5-2/h5-20H,1-2,21-22H2,3-4H3;4-19,22H,1-2,20-21H2,3H3. The SMILES string of the molecule is C=CC(=O)OCOC(=O)Oc1ccc(C(=O)Oc2ccc3c(c2)C(C)(C)c2cc(OC(=O)c4ccc(OC(=O)OCOC(=O)C=C)cc4)ccc2-3)cc1.C=CC(=O)OCOC(=O)Oc1ccc(C(=O)Oc2ccc3c(c2)C(C)c2cc(OC(=O)c4ccc(OC(=O)OCOC(=O)C=C)cc4)ccc2-3)cc1. The van der Waals surface area contributed by atoms with E-state index in [2.05, 4.69) is 64.2 Å². The second kappa shape index (κ2) is 34.6. The van der Waals surface area contributed by atoms with E-state index in [1.165, 1.54) is 97.1 Å². The normalized spacial score (nSPS) is 11.4. The van der Waals surface area contributed by atoms with Crippen LogP contribution in [0, 0.1) is 0 Å². The minimum absolute atomic E-state index is 0.0818. The van der Waals surface area contributed by atoms with Gasteiger partial charge < -0.3 is 75.8 Å². The molecule has 2 aliphatic carbocycles. The lowest BCUT2D eigenvalue weighted by Crippen LogP contribution is -2.16. The first kappa shape index (κ1) is 74.8. The maximum Gasteiger partial charge on any atom is 0.516 e. The maximum atomic E-state index is 13.0. The summed E-state index contributed by atoms with van der Waals surface area (Å²) < 4.78 is 79.1. The van der Waals surface area contributed by atoms with Crippen LogP contribution in [-0.4, -0.2) is 99.5 Å². The second-order valence-electron chi connectivity index (χ2n) is 22.0. The molecule has 0 atom stereocenters. The summed E-state index contributed by atoms with van der Waals surface area (Å²) in [5.41, 5.74) is 7.47. The molecule has 534 valence electrons. The first-order valence-electron chi connectivity index (χ1n) is 30.8. The van der Waals surface area contributed by atoms with Gasteiger partial charge in [-0.1, -0.05) is 71.4 Å². The van der Waals surface area contributed by atoms with Gasteiger partial charge in [-0.2, -0.15) is 0 Å². The molecule has 0 aromatic heterocycles. The molecule has 0 unspecified atom stereocenters. The van der Waals surface area contributed by atoms with Gasteiger partial charge in [0.05, 0.1) is 22.3 Å². The molecule has 0 amide bonds. The summed E-state index contributed by atoms with van der Waals surface area (Å²) in [5.74, 6) is -4.23. The molecule has 0 saturated heterocycles. The van der Waals surface area contributed by atoms with Gasteiger partial charge in [0.1, 0.15) is 46.0 Å². The highest BCUT2D eigenvalue weighted by Gasteiger charge is 2.37. The molecular weight excluding hydrogens is 1370 g/mol. The average Bonchev–Trinajstić information content (AvgIpc) is 1.59. The molecule has 0 heterocycles. The van der Waals surface area contributed by atoms with E-state index in [-0.39, 0.29) is 51.2 Å². The van der Waals surface area contributed by atoms with E-state index in [9.17, 15) is 57.5 Å². The van der Waals surface area contributed by atoms with E-state index in [0.29, 0.717) is 23.0 Å². The van der Waals surface area contributed by atoms with Crippen LogP contribution in [-0.2, 0) is 62.5 Å². The molecule has 0 aliphatic heterocycles. The lowest BCUT2D eigenvalue weighted by molar-refractivity contribution is -0.147. The Kier molecular flexibility index (Phi) is 24.6. The van der Waals surface area contributed by atoms with Gasteiger partial charge in [-0.25, -0.2) is 57.5 Å². The summed E-state index contributed by atoms with van der Waals surface area (Å²) in [6.07, 6.45) is -0.799. The third-order valence-corrected chi connectivity index (χ3v) is 15.1. The van der Waals surface area contributed by atoms with Crippen LogP contribution >= 0.6 is 0 Å². The van der Waals surface area contributed by atoms with Crippen LogP contribution in [0.5, 0.6) is 46.0 Å². The van der Waals surface area contributed by atoms with Crippen molar-refractivity contribution in [1.29, 1.82) is 0 Å². The van der Waals surface area contributed by atoms with Crippen LogP contribution in [0.1, 0.15) is 90.4 Å². The van der Waals surface area contributed by atoms with Crippen LogP contribution in [0.3, 0.4) is 0 Å². The molecular formula is C77H58O28. The van der Waals surface area contributed by atoms with Crippen molar-refractivity contribution < 1.29 is 133 Å². The molecule has 0 fully saturated rings. The number of fused-ring (bicyclic) bond motifs is 6. The third-order valence-electron chi connectivity index (χ3n) is 15.1. The van der Waals surface area contributed by atoms with Crippen molar-refractivity contribution in [3.05, 3.63) is 265 Å². The smallest absolute Gasteiger partial charge is 0.425 e. The van der Waals surface area contributed by atoms with E-state index in [1.807, 2.05) is 45.0 Å². The van der Waals surface area contributed by atoms with Gasteiger partial charge >= 0.3 is 72.4 Å². The molecule has 2 aliphatic rings. The fourth-order valence-electron chi connectivity index (χ4n) is 9.99. The quantitative estimate of drug-likeness (QED) is 0.0135. The monoisotopic (exact) mass is 1430 g/mol. The van der Waals surface area contributed by atoms with E-state index >= 15 is 0 Å². The predicted molar refractivity (Wildman–Crippen MR) is 362 cm³/mol. The van der Waals surface area contributed by atoms with Gasteiger partial charge in [0, 0.05) is 35.6 Å². The highest BCUT2D eigenvalue weighted by Crippen LogP contribution is 2.51. The number of hydrogen-bond acceptors (Lipinski definition) is 28. The van der Waals surface area contributed by atoms with Crippen LogP contribution in [0.2, 0.25) is 0 Å². The maximum absolute atomic E-state index is 13.0. The molecule has 28 heteroatoms. The zero-order valence-electron chi connectivity index (χ0n) is 55.6. The first-order chi connectivity index (χ1) is 50.4. The Bertz CT molecular complexity index is 4440. The highest BCUT2D eigenvalue weighted by atomic mass is 16.8. The van der Waals surface area contributed by atoms with Gasteiger partial charge in [-0.15, -0.1) is 0 Å². The molecule has 105 heavy (non-hydrogen) atoms. The van der Waals surface area contributed by atoms with Gasteiger partial charge in [-0.3, -0.25) is 0 Å². The van der Waals surface area contributed by atoms with Crippen molar-refractivity contribution in [2.75, 3.05) is 27.2 Å². The Hall–Kier alpha value is -14.4. The summed E-state index contributed by atoms with van der Waals surface area (Å²) >= 11 is 0. The first-order valence-corrected chi connectivity index (χ1v) is 30.8. The molecule has 8 aromatic carbocycles. The largest absolute Gasteiger partial charge is 0.516 e. The predicted octanol–water partition coefficient (Wildman–Crippen LogP) is 13.5. The average molecular weight is 1430 g/mol. The molecule has 0 bridgehead atoms. The van der Waals surface area contributed by atoms with E-state index in [1.54, 1.807) is 48.5 Å². The Balaban J connectivity index is 0.000000243. The van der Waals surface area contributed by atoms with Gasteiger partial charge in [-0.05, 0) is 190 Å². The molecule has 0 radical (unpaired) electrons. The van der Waals surface area contributed by atoms with Gasteiger partial charge in [0.25, 0.3) is 0 Å². The zero-order valence-corrected chi connectivity index (χ0v) is 55.6. The number of hydrogen-bond donors (Lipinski definition) is 0. The number of carbonyl (C=O) groups excluding carboxylic acids is 12. The van der Waals surface area contributed by atoms with Crippen molar-refractivity contribution >= 4 is 72.4 Å². The van der Waals surface area contributed by atoms with Crippen LogP contribution in [0.4, 0.5) is 19.2 Å². The van der Waals surface area contributed by atoms with Gasteiger partial charge in [0.2, 0.25) is 27.2 Å². The molecule has 8 aromatic rings. The summed E-state index contributed by atoms with van der Waals surface area (Å²) in [6, 6.07) is 43.4. The van der Waals surface area contributed by atoms with E-state index in [0.717, 1.165) is 68.8 Å². The number of carbonyl (C=O) groups is 12. The lowest BCUT2D eigenvalue weighted by atomic mass is 9.82. The Morgan fingerprint density at radius 1 is 0.295 bits per heavy atom. The van der Waals surface area contributed by atoms with E-state index < -0.39 is 105 Å². The van der Waals surface area contributed by atoms with E-state index in [4.69, 9.17) is 37.9 Å². The van der Waals surface area contributed by atoms with Crippen molar-refractivity contribution in [2.24, 2.45) is 0 Å². The number of rotatable bonds is 24. The Labute approximate surface area is 595 Å². The minimum atomic E-state index is -1.11. The molecule has 0 spiro atoms. The molecule has 0 N–H and O–H groups in total. The highest BCUT2D eigenvalue weighted by molar-refractivity contribution is 5.95. The Morgan fingerprint density at radius 2 is 0.514 bits per heavy atom. The fourth-order valence-corrected chi connectivity index (χ4v) is 9.99. The van der Waals surface area contributed by atoms with Gasteiger partial charge in [0.15, 0.2) is 0 Å². The third kappa shape index (κ3) is 19.9. The van der Waals surface area contributed by atoms with Crippen molar-refractivity contribution in [3.8, 4) is 68.2 Å². The summed E-state index contributed by atoms with van der Waals surface area (Å²) in [5, 5.41) is 0. The molecule has 10 rings (SSSR count). The lowest BCUT2D eigenvalue weighted by Gasteiger charge is -2.22.